The molecule has 3 aromatic heterocycles. The Kier molecular flexibility index (Phi) is 4.58. The predicted octanol–water partition coefficient (Wildman–Crippen LogP) is 3.27. The minimum atomic E-state index is 0.807. The third-order valence-electron chi connectivity index (χ3n) is 5.36. The summed E-state index contributed by atoms with van der Waals surface area (Å²) in [6.45, 7) is 10.2. The Hall–Kier alpha value is -2.35. The Balaban J connectivity index is 1.20. The van der Waals surface area contributed by atoms with Crippen molar-refractivity contribution in [2.24, 2.45) is 0 Å². The fraction of sp³-hybridized carbons (Fsp3) is 0.381. The molecule has 1 aliphatic heterocycles. The molecule has 6 nitrogen and oxygen atoms in total. The quantitative estimate of drug-likeness (QED) is 0.533. The van der Waals surface area contributed by atoms with Gasteiger partial charge in [-0.3, -0.25) is 14.2 Å². The van der Waals surface area contributed by atoms with Gasteiger partial charge in [0.1, 0.15) is 5.01 Å². The van der Waals surface area contributed by atoms with E-state index in [9.17, 15) is 0 Å². The fourth-order valence-corrected chi connectivity index (χ4v) is 4.92. The van der Waals surface area contributed by atoms with Gasteiger partial charge in [0.15, 0.2) is 0 Å². The zero-order valence-electron chi connectivity index (χ0n) is 16.3. The van der Waals surface area contributed by atoms with Gasteiger partial charge in [-0.05, 0) is 32.0 Å². The van der Waals surface area contributed by atoms with Crippen LogP contribution in [-0.4, -0.2) is 55.3 Å². The molecule has 144 valence electrons. The van der Waals surface area contributed by atoms with Crippen LogP contribution in [0.3, 0.4) is 0 Å². The van der Waals surface area contributed by atoms with Crippen molar-refractivity contribution in [3.05, 3.63) is 58.6 Å². The minimum Gasteiger partial charge on any atom is -0.295 e. The first kappa shape index (κ1) is 17.7. The van der Waals surface area contributed by atoms with E-state index in [2.05, 4.69) is 62.6 Å². The number of thiazole rings is 1. The average Bonchev–Trinajstić information content (AvgIpc) is 3.26. The molecule has 4 aromatic rings. The third-order valence-corrected chi connectivity index (χ3v) is 6.38. The first-order valence-electron chi connectivity index (χ1n) is 9.75. The van der Waals surface area contributed by atoms with Crippen LogP contribution in [-0.2, 0) is 13.1 Å². The third kappa shape index (κ3) is 3.53. The lowest BCUT2D eigenvalue weighted by Crippen LogP contribution is -2.45. The van der Waals surface area contributed by atoms with Gasteiger partial charge in [0, 0.05) is 50.3 Å². The summed E-state index contributed by atoms with van der Waals surface area (Å²) in [7, 11) is 0. The van der Waals surface area contributed by atoms with Gasteiger partial charge in [0.25, 0.3) is 0 Å². The Morgan fingerprint density at radius 1 is 0.929 bits per heavy atom. The summed E-state index contributed by atoms with van der Waals surface area (Å²) in [4.78, 5) is 19.0. The fourth-order valence-electron chi connectivity index (χ4n) is 3.91. The van der Waals surface area contributed by atoms with Gasteiger partial charge in [-0.1, -0.05) is 12.1 Å². The van der Waals surface area contributed by atoms with Gasteiger partial charge >= 0.3 is 0 Å². The van der Waals surface area contributed by atoms with E-state index in [1.54, 1.807) is 0 Å². The van der Waals surface area contributed by atoms with Crippen LogP contribution in [0.1, 0.15) is 22.1 Å². The van der Waals surface area contributed by atoms with Crippen LogP contribution in [0.2, 0.25) is 0 Å². The van der Waals surface area contributed by atoms with Crippen molar-refractivity contribution in [2.75, 3.05) is 26.2 Å². The SMILES string of the molecule is Cc1cc(C)n2cc(CN3CCN(Cc4nc5ccccc5s4)CC3)nc2n1. The van der Waals surface area contributed by atoms with Crippen LogP contribution in [0.25, 0.3) is 16.0 Å². The number of aryl methyl sites for hydroxylation is 2. The summed E-state index contributed by atoms with van der Waals surface area (Å²) in [5.41, 5.74) is 4.42. The molecule has 1 aliphatic rings. The largest absolute Gasteiger partial charge is 0.295 e. The van der Waals surface area contributed by atoms with Crippen molar-refractivity contribution in [1.29, 1.82) is 0 Å². The van der Waals surface area contributed by atoms with Gasteiger partial charge in [-0.15, -0.1) is 11.3 Å². The van der Waals surface area contributed by atoms with Crippen LogP contribution >= 0.6 is 11.3 Å². The van der Waals surface area contributed by atoms with Crippen LogP contribution in [0.4, 0.5) is 0 Å². The summed E-state index contributed by atoms with van der Waals surface area (Å²) < 4.78 is 3.37. The Morgan fingerprint density at radius 2 is 1.68 bits per heavy atom. The molecule has 1 saturated heterocycles. The first-order valence-corrected chi connectivity index (χ1v) is 10.6. The van der Waals surface area contributed by atoms with E-state index in [0.29, 0.717) is 0 Å². The summed E-state index contributed by atoms with van der Waals surface area (Å²) in [5, 5.41) is 1.21. The lowest BCUT2D eigenvalue weighted by Gasteiger charge is -2.33. The molecule has 0 spiro atoms. The van der Waals surface area contributed by atoms with E-state index in [1.165, 1.54) is 15.4 Å². The molecule has 0 aliphatic carbocycles. The standard InChI is InChI=1S/C21H24N6S/c1-15-11-16(2)27-13-17(23-21(27)22-15)12-25-7-9-26(10-8-25)14-20-24-18-5-3-4-6-19(18)28-20/h3-6,11,13H,7-10,12,14H2,1-2H3. The highest BCUT2D eigenvalue weighted by atomic mass is 32.1. The van der Waals surface area contributed by atoms with Gasteiger partial charge < -0.3 is 0 Å². The van der Waals surface area contributed by atoms with E-state index in [4.69, 9.17) is 9.97 Å². The normalized spacial score (nSPS) is 16.4. The number of piperazine rings is 1. The first-order chi connectivity index (χ1) is 13.6. The number of aromatic nitrogens is 4. The number of hydrogen-bond acceptors (Lipinski definition) is 6. The summed E-state index contributed by atoms with van der Waals surface area (Å²) in [5.74, 6) is 0.807. The molecule has 0 bridgehead atoms. The van der Waals surface area contributed by atoms with Gasteiger partial charge in [-0.2, -0.15) is 0 Å². The van der Waals surface area contributed by atoms with Gasteiger partial charge in [0.2, 0.25) is 5.78 Å². The smallest absolute Gasteiger partial charge is 0.234 e. The van der Waals surface area contributed by atoms with Crippen molar-refractivity contribution in [2.45, 2.75) is 26.9 Å². The van der Waals surface area contributed by atoms with Crippen LogP contribution in [0, 0.1) is 13.8 Å². The summed E-state index contributed by atoms with van der Waals surface area (Å²) in [6, 6.07) is 10.5. The highest BCUT2D eigenvalue weighted by Crippen LogP contribution is 2.23. The second-order valence-corrected chi connectivity index (χ2v) is 8.68. The predicted molar refractivity (Wildman–Crippen MR) is 113 cm³/mol. The molecule has 7 heteroatoms. The number of rotatable bonds is 4. The zero-order chi connectivity index (χ0) is 19.1. The highest BCUT2D eigenvalue weighted by Gasteiger charge is 2.19. The molecule has 1 aromatic carbocycles. The molecule has 5 rings (SSSR count). The minimum absolute atomic E-state index is 0.807. The molecule has 4 heterocycles. The van der Waals surface area contributed by atoms with Crippen molar-refractivity contribution in [3.8, 4) is 0 Å². The number of imidazole rings is 1. The van der Waals surface area contributed by atoms with Crippen molar-refractivity contribution >= 4 is 27.3 Å². The maximum atomic E-state index is 4.78. The molecule has 28 heavy (non-hydrogen) atoms. The maximum absolute atomic E-state index is 4.78. The molecule has 0 atom stereocenters. The number of nitrogens with zero attached hydrogens (tertiary/aromatic N) is 6. The number of fused-ring (bicyclic) bond motifs is 2. The Labute approximate surface area is 168 Å². The zero-order valence-corrected chi connectivity index (χ0v) is 17.1. The van der Waals surface area contributed by atoms with Crippen LogP contribution in [0.15, 0.2) is 36.5 Å². The molecular formula is C21H24N6S. The van der Waals surface area contributed by atoms with Crippen molar-refractivity contribution in [3.63, 3.8) is 0 Å². The summed E-state index contributed by atoms with van der Waals surface area (Å²) >= 11 is 1.81. The van der Waals surface area contributed by atoms with E-state index < -0.39 is 0 Å². The Bertz CT molecular complexity index is 1090. The molecule has 0 amide bonds. The average molecular weight is 393 g/mol. The monoisotopic (exact) mass is 392 g/mol. The molecule has 0 unspecified atom stereocenters. The topological polar surface area (TPSA) is 49.6 Å². The van der Waals surface area contributed by atoms with E-state index in [0.717, 1.165) is 62.0 Å². The molecule has 0 saturated carbocycles. The molecule has 0 N–H and O–H groups in total. The van der Waals surface area contributed by atoms with Crippen molar-refractivity contribution < 1.29 is 0 Å². The van der Waals surface area contributed by atoms with Gasteiger partial charge in [0.05, 0.1) is 22.5 Å². The maximum Gasteiger partial charge on any atom is 0.234 e. The van der Waals surface area contributed by atoms with Crippen LogP contribution < -0.4 is 0 Å². The van der Waals surface area contributed by atoms with Gasteiger partial charge in [-0.25, -0.2) is 15.0 Å². The number of para-hydroxylation sites is 1. The second-order valence-electron chi connectivity index (χ2n) is 7.57. The van der Waals surface area contributed by atoms with E-state index >= 15 is 0 Å². The van der Waals surface area contributed by atoms with E-state index in [1.807, 2.05) is 18.3 Å². The van der Waals surface area contributed by atoms with Crippen LogP contribution in [0.5, 0.6) is 0 Å². The molecule has 0 radical (unpaired) electrons. The molecular weight excluding hydrogens is 368 g/mol. The second kappa shape index (κ2) is 7.24. The highest BCUT2D eigenvalue weighted by molar-refractivity contribution is 7.18. The number of hydrogen-bond donors (Lipinski definition) is 0. The lowest BCUT2D eigenvalue weighted by molar-refractivity contribution is 0.121. The Morgan fingerprint density at radius 3 is 2.46 bits per heavy atom. The van der Waals surface area contributed by atoms with Crippen molar-refractivity contribution in [1.82, 2.24) is 29.2 Å². The van der Waals surface area contributed by atoms with E-state index in [-0.39, 0.29) is 0 Å². The molecule has 1 fully saturated rings. The number of benzene rings is 1. The lowest BCUT2D eigenvalue weighted by atomic mass is 10.3. The summed E-state index contributed by atoms with van der Waals surface area (Å²) in [6.07, 6.45) is 2.13.